The van der Waals surface area contributed by atoms with Crippen LogP contribution in [0.4, 0.5) is 5.82 Å². The van der Waals surface area contributed by atoms with E-state index in [2.05, 4.69) is 35.7 Å². The van der Waals surface area contributed by atoms with E-state index < -0.39 is 0 Å². The molecule has 0 spiro atoms. The van der Waals surface area contributed by atoms with Crippen LogP contribution in [-0.2, 0) is 11.8 Å². The van der Waals surface area contributed by atoms with Crippen LogP contribution in [0.5, 0.6) is 0 Å². The molecule has 1 amide bonds. The molecule has 0 unspecified atom stereocenters. The molecule has 0 saturated carbocycles. The van der Waals surface area contributed by atoms with Crippen LogP contribution in [0.25, 0.3) is 0 Å². The SMILES string of the molecule is Cc1cc(N2CC[C@H](N[C@@H](C)c3sccc3C)C2=O)n(C)n1. The fraction of sp³-hybridized carbons (Fsp3) is 0.500. The Morgan fingerprint density at radius 3 is 2.82 bits per heavy atom. The average molecular weight is 318 g/mol. The maximum absolute atomic E-state index is 12.7. The highest BCUT2D eigenvalue weighted by atomic mass is 32.1. The first-order chi connectivity index (χ1) is 10.5. The summed E-state index contributed by atoms with van der Waals surface area (Å²) in [7, 11) is 1.88. The number of carbonyl (C=O) groups is 1. The number of aromatic nitrogens is 2. The zero-order valence-corrected chi connectivity index (χ0v) is 14.3. The number of carbonyl (C=O) groups excluding carboxylic acids is 1. The second-order valence-corrected chi connectivity index (χ2v) is 6.90. The van der Waals surface area contributed by atoms with Gasteiger partial charge in [0.05, 0.1) is 11.7 Å². The lowest BCUT2D eigenvalue weighted by molar-refractivity contribution is -0.119. The third-order valence-corrected chi connectivity index (χ3v) is 5.41. The molecule has 5 nitrogen and oxygen atoms in total. The molecule has 118 valence electrons. The molecule has 2 aromatic heterocycles. The summed E-state index contributed by atoms with van der Waals surface area (Å²) >= 11 is 1.74. The molecule has 2 aromatic rings. The zero-order chi connectivity index (χ0) is 15.9. The van der Waals surface area contributed by atoms with Gasteiger partial charge in [-0.25, -0.2) is 0 Å². The maximum Gasteiger partial charge on any atom is 0.245 e. The average Bonchev–Trinajstić information content (AvgIpc) is 3.12. The largest absolute Gasteiger partial charge is 0.298 e. The third-order valence-electron chi connectivity index (χ3n) is 4.21. The number of nitrogens with one attached hydrogen (secondary N) is 1. The number of hydrogen-bond donors (Lipinski definition) is 1. The van der Waals surface area contributed by atoms with Gasteiger partial charge in [-0.1, -0.05) is 0 Å². The van der Waals surface area contributed by atoms with E-state index in [1.54, 1.807) is 16.0 Å². The Morgan fingerprint density at radius 1 is 1.45 bits per heavy atom. The summed E-state index contributed by atoms with van der Waals surface area (Å²) in [5.74, 6) is 1.02. The highest BCUT2D eigenvalue weighted by Crippen LogP contribution is 2.27. The first-order valence-corrected chi connectivity index (χ1v) is 8.47. The summed E-state index contributed by atoms with van der Waals surface area (Å²) in [5, 5.41) is 9.92. The molecular formula is C16H22N4OS. The molecule has 0 aliphatic carbocycles. The standard InChI is InChI=1S/C16H22N4OS/c1-10-6-8-22-15(10)12(3)17-13-5-7-20(16(13)21)14-9-11(2)18-19(14)4/h6,8-9,12-13,17H,5,7H2,1-4H3/t12-,13-/m0/s1. The first-order valence-electron chi connectivity index (χ1n) is 7.59. The lowest BCUT2D eigenvalue weighted by Crippen LogP contribution is -2.40. The van der Waals surface area contributed by atoms with Gasteiger partial charge in [-0.15, -0.1) is 11.3 Å². The van der Waals surface area contributed by atoms with Crippen molar-refractivity contribution in [1.29, 1.82) is 0 Å². The Bertz CT molecular complexity index is 690. The highest BCUT2D eigenvalue weighted by molar-refractivity contribution is 7.10. The van der Waals surface area contributed by atoms with Crippen LogP contribution in [-0.4, -0.2) is 28.3 Å². The summed E-state index contributed by atoms with van der Waals surface area (Å²) in [6.45, 7) is 6.93. The second kappa shape index (κ2) is 5.85. The molecule has 22 heavy (non-hydrogen) atoms. The molecule has 1 saturated heterocycles. The fourth-order valence-electron chi connectivity index (χ4n) is 3.12. The number of nitrogens with zero attached hydrogens (tertiary/aromatic N) is 3. The minimum absolute atomic E-state index is 0.119. The summed E-state index contributed by atoms with van der Waals surface area (Å²) in [6.07, 6.45) is 0.831. The molecule has 1 aliphatic heterocycles. The molecular weight excluding hydrogens is 296 g/mol. The summed E-state index contributed by atoms with van der Waals surface area (Å²) in [5.41, 5.74) is 2.22. The van der Waals surface area contributed by atoms with Gasteiger partial charge in [0.2, 0.25) is 5.91 Å². The van der Waals surface area contributed by atoms with Crippen LogP contribution >= 0.6 is 11.3 Å². The van der Waals surface area contributed by atoms with Gasteiger partial charge in [0.25, 0.3) is 0 Å². The Balaban J connectivity index is 1.71. The molecule has 2 atom stereocenters. The van der Waals surface area contributed by atoms with Crippen LogP contribution in [0.3, 0.4) is 0 Å². The number of hydrogen-bond acceptors (Lipinski definition) is 4. The molecule has 3 heterocycles. The Hall–Kier alpha value is -1.66. The summed E-state index contributed by atoms with van der Waals surface area (Å²) in [4.78, 5) is 15.8. The number of anilines is 1. The van der Waals surface area contributed by atoms with Gasteiger partial charge >= 0.3 is 0 Å². The first kappa shape index (κ1) is 15.2. The molecule has 3 rings (SSSR count). The van der Waals surface area contributed by atoms with Crippen LogP contribution in [0, 0.1) is 13.8 Å². The van der Waals surface area contributed by atoms with Gasteiger partial charge in [0.15, 0.2) is 0 Å². The van der Waals surface area contributed by atoms with E-state index in [1.807, 2.05) is 24.9 Å². The van der Waals surface area contributed by atoms with Gasteiger partial charge in [-0.3, -0.25) is 19.7 Å². The van der Waals surface area contributed by atoms with E-state index >= 15 is 0 Å². The van der Waals surface area contributed by atoms with Crippen molar-refractivity contribution in [2.75, 3.05) is 11.4 Å². The van der Waals surface area contributed by atoms with E-state index in [4.69, 9.17) is 0 Å². The van der Waals surface area contributed by atoms with Crippen LogP contribution in [0.15, 0.2) is 17.5 Å². The predicted octanol–water partition coefficient (Wildman–Crippen LogP) is 2.55. The van der Waals surface area contributed by atoms with Gasteiger partial charge in [0.1, 0.15) is 5.82 Å². The predicted molar refractivity (Wildman–Crippen MR) is 89.3 cm³/mol. The van der Waals surface area contributed by atoms with Crippen LogP contribution in [0.1, 0.15) is 35.5 Å². The molecule has 6 heteroatoms. The Morgan fingerprint density at radius 2 is 2.23 bits per heavy atom. The van der Waals surface area contributed by atoms with Gasteiger partial charge in [-0.05, 0) is 44.2 Å². The Kier molecular flexibility index (Phi) is 4.06. The summed E-state index contributed by atoms with van der Waals surface area (Å²) in [6, 6.07) is 4.17. The lowest BCUT2D eigenvalue weighted by Gasteiger charge is -2.20. The molecule has 0 aromatic carbocycles. The fourth-order valence-corrected chi connectivity index (χ4v) is 4.06. The monoisotopic (exact) mass is 318 g/mol. The van der Waals surface area contributed by atoms with E-state index in [9.17, 15) is 4.79 Å². The van der Waals surface area contributed by atoms with Crippen molar-refractivity contribution in [3.8, 4) is 0 Å². The van der Waals surface area contributed by atoms with Crippen molar-refractivity contribution < 1.29 is 4.79 Å². The van der Waals surface area contributed by atoms with E-state index in [0.29, 0.717) is 0 Å². The van der Waals surface area contributed by atoms with Gasteiger partial charge in [-0.2, -0.15) is 5.10 Å². The highest BCUT2D eigenvalue weighted by Gasteiger charge is 2.35. The van der Waals surface area contributed by atoms with Crippen molar-refractivity contribution >= 4 is 23.1 Å². The van der Waals surface area contributed by atoms with E-state index in [0.717, 1.165) is 24.5 Å². The molecule has 1 fully saturated rings. The van der Waals surface area contributed by atoms with Crippen molar-refractivity contribution in [2.45, 2.75) is 39.3 Å². The smallest absolute Gasteiger partial charge is 0.245 e. The number of rotatable bonds is 4. The quantitative estimate of drug-likeness (QED) is 0.942. The van der Waals surface area contributed by atoms with Gasteiger partial charge < -0.3 is 0 Å². The molecule has 1 N–H and O–H groups in total. The van der Waals surface area contributed by atoms with Crippen molar-refractivity contribution in [3.63, 3.8) is 0 Å². The number of thiophene rings is 1. The molecule has 0 radical (unpaired) electrons. The minimum Gasteiger partial charge on any atom is -0.298 e. The molecule has 0 bridgehead atoms. The normalized spacial score (nSPS) is 19.9. The minimum atomic E-state index is -0.119. The van der Waals surface area contributed by atoms with E-state index in [1.165, 1.54) is 10.4 Å². The second-order valence-electron chi connectivity index (χ2n) is 5.95. The third kappa shape index (κ3) is 2.68. The summed E-state index contributed by atoms with van der Waals surface area (Å²) < 4.78 is 1.78. The van der Waals surface area contributed by atoms with Gasteiger partial charge in [0, 0.05) is 30.6 Å². The van der Waals surface area contributed by atoms with Crippen LogP contribution < -0.4 is 10.2 Å². The van der Waals surface area contributed by atoms with Crippen molar-refractivity contribution in [3.05, 3.63) is 33.6 Å². The number of amides is 1. The zero-order valence-electron chi connectivity index (χ0n) is 13.5. The number of aryl methyl sites for hydroxylation is 3. The Labute approximate surface area is 134 Å². The van der Waals surface area contributed by atoms with Crippen LogP contribution in [0.2, 0.25) is 0 Å². The maximum atomic E-state index is 12.7. The lowest BCUT2D eigenvalue weighted by atomic mass is 10.1. The molecule has 1 aliphatic rings. The van der Waals surface area contributed by atoms with E-state index in [-0.39, 0.29) is 18.0 Å². The van der Waals surface area contributed by atoms with Crippen molar-refractivity contribution in [1.82, 2.24) is 15.1 Å². The topological polar surface area (TPSA) is 50.2 Å². The van der Waals surface area contributed by atoms with Crippen molar-refractivity contribution in [2.24, 2.45) is 7.05 Å².